The topological polar surface area (TPSA) is 107 Å². The zero-order valence-corrected chi connectivity index (χ0v) is 19.9. The third-order valence-corrected chi connectivity index (χ3v) is 5.48. The zero-order chi connectivity index (χ0) is 24.4. The Morgan fingerprint density at radius 3 is 2.00 bits per heavy atom. The molecule has 0 amide bonds. The highest BCUT2D eigenvalue weighted by Gasteiger charge is 2.21. The molecule has 2 aromatic rings. The second kappa shape index (κ2) is 12.8. The van der Waals surface area contributed by atoms with Crippen LogP contribution in [0.4, 0.5) is 0 Å². The average molecular weight is 457 g/mol. The number of hydrogen-bond acceptors (Lipinski definition) is 6. The number of ether oxygens (including phenoxy) is 1. The Balaban J connectivity index is 2.18. The predicted molar refractivity (Wildman–Crippen MR) is 131 cm³/mol. The monoisotopic (exact) mass is 456 g/mol. The van der Waals surface area contributed by atoms with Crippen LogP contribution < -0.4 is 0 Å². The van der Waals surface area contributed by atoms with Crippen LogP contribution in [0.25, 0.3) is 16.5 Å². The Bertz CT molecular complexity index is 1020. The second-order valence-corrected chi connectivity index (χ2v) is 8.62. The molecule has 180 valence electrons. The summed E-state index contributed by atoms with van der Waals surface area (Å²) in [5, 5.41) is 41.4. The van der Waals surface area contributed by atoms with Crippen molar-refractivity contribution in [2.75, 3.05) is 0 Å². The first-order valence-electron chi connectivity index (χ1n) is 11.7. The number of rotatable bonds is 12. The summed E-state index contributed by atoms with van der Waals surface area (Å²) in [6.07, 6.45) is 12.4. The summed E-state index contributed by atoms with van der Waals surface area (Å²) >= 11 is 0. The molecule has 0 bridgehead atoms. The maximum atomic E-state index is 12.5. The molecule has 0 radical (unpaired) electrons. The number of phenolic OH excluding ortho intramolecular Hbond substituents is 4. The number of carbonyl (C=O) groups excluding carboxylic acids is 1. The van der Waals surface area contributed by atoms with Crippen LogP contribution in [0.5, 0.6) is 23.0 Å². The molecule has 0 fully saturated rings. The minimum Gasteiger partial charge on any atom is -0.507 e. The standard InChI is InChI=1S/C27H36O6/c1-4-5-6-7-8-9-10-11-12-24(31)33-23(16-13-18(2)3)19-17-22(30)25-20(28)14-15-21(29)26(25)27(19)32/h13-17,28-30,32H,4-12H2,1-3H3/b23-16-. The van der Waals surface area contributed by atoms with E-state index in [-0.39, 0.29) is 45.8 Å². The van der Waals surface area contributed by atoms with Gasteiger partial charge in [-0.1, -0.05) is 63.5 Å². The van der Waals surface area contributed by atoms with Gasteiger partial charge in [-0.05, 0) is 44.5 Å². The van der Waals surface area contributed by atoms with Gasteiger partial charge in [0.25, 0.3) is 0 Å². The van der Waals surface area contributed by atoms with Gasteiger partial charge in [-0.25, -0.2) is 0 Å². The Morgan fingerprint density at radius 2 is 1.39 bits per heavy atom. The molecule has 0 aliphatic rings. The quantitative estimate of drug-likeness (QED) is 0.0897. The minimum atomic E-state index is -0.437. The first-order chi connectivity index (χ1) is 15.8. The van der Waals surface area contributed by atoms with Crippen molar-refractivity contribution >= 4 is 22.5 Å². The van der Waals surface area contributed by atoms with Gasteiger partial charge in [0.1, 0.15) is 28.8 Å². The molecule has 33 heavy (non-hydrogen) atoms. The van der Waals surface area contributed by atoms with Crippen LogP contribution in [0.2, 0.25) is 0 Å². The molecule has 6 nitrogen and oxygen atoms in total. The number of allylic oxidation sites excluding steroid dienone is 3. The summed E-state index contributed by atoms with van der Waals surface area (Å²) in [5.41, 5.74) is 0.985. The molecule has 6 heteroatoms. The van der Waals surface area contributed by atoms with E-state index >= 15 is 0 Å². The van der Waals surface area contributed by atoms with Crippen molar-refractivity contribution in [3.05, 3.63) is 41.5 Å². The highest BCUT2D eigenvalue weighted by atomic mass is 16.5. The van der Waals surface area contributed by atoms with Crippen molar-refractivity contribution in [2.45, 2.75) is 78.6 Å². The molecule has 0 aromatic heterocycles. The van der Waals surface area contributed by atoms with Gasteiger partial charge in [-0.15, -0.1) is 0 Å². The van der Waals surface area contributed by atoms with Gasteiger partial charge in [0.2, 0.25) is 0 Å². The van der Waals surface area contributed by atoms with Gasteiger partial charge < -0.3 is 25.2 Å². The summed E-state index contributed by atoms with van der Waals surface area (Å²) in [6.45, 7) is 5.94. The van der Waals surface area contributed by atoms with Gasteiger partial charge in [0.05, 0.1) is 16.3 Å². The maximum Gasteiger partial charge on any atom is 0.311 e. The highest BCUT2D eigenvalue weighted by molar-refractivity contribution is 6.04. The summed E-state index contributed by atoms with van der Waals surface area (Å²) in [6, 6.07) is 3.65. The normalized spacial score (nSPS) is 11.5. The number of unbranched alkanes of at least 4 members (excludes halogenated alkanes) is 7. The molecule has 0 saturated carbocycles. The van der Waals surface area contributed by atoms with Gasteiger partial charge in [0.15, 0.2) is 0 Å². The average Bonchev–Trinajstić information content (AvgIpc) is 2.77. The van der Waals surface area contributed by atoms with Crippen molar-refractivity contribution in [3.63, 3.8) is 0 Å². The smallest absolute Gasteiger partial charge is 0.311 e. The second-order valence-electron chi connectivity index (χ2n) is 8.62. The lowest BCUT2D eigenvalue weighted by atomic mass is 10.0. The van der Waals surface area contributed by atoms with Crippen molar-refractivity contribution in [2.24, 2.45) is 0 Å². The molecule has 2 aromatic carbocycles. The molecule has 0 atom stereocenters. The van der Waals surface area contributed by atoms with Crippen LogP contribution in [-0.2, 0) is 9.53 Å². The van der Waals surface area contributed by atoms with E-state index < -0.39 is 11.7 Å². The highest BCUT2D eigenvalue weighted by Crippen LogP contribution is 2.46. The molecule has 0 spiro atoms. The molecule has 0 saturated heterocycles. The number of benzene rings is 2. The van der Waals surface area contributed by atoms with Crippen LogP contribution in [0, 0.1) is 0 Å². The lowest BCUT2D eigenvalue weighted by Crippen LogP contribution is -2.04. The Labute approximate surface area is 195 Å². The number of fused-ring (bicyclic) bond motifs is 1. The number of phenols is 4. The summed E-state index contributed by atoms with van der Waals surface area (Å²) in [7, 11) is 0. The summed E-state index contributed by atoms with van der Waals surface area (Å²) in [5.74, 6) is -1.74. The van der Waals surface area contributed by atoms with Gasteiger partial charge in [-0.3, -0.25) is 4.79 Å². The lowest BCUT2D eigenvalue weighted by Gasteiger charge is -2.15. The van der Waals surface area contributed by atoms with Gasteiger partial charge >= 0.3 is 5.97 Å². The van der Waals surface area contributed by atoms with Crippen LogP contribution in [-0.4, -0.2) is 26.4 Å². The van der Waals surface area contributed by atoms with Crippen LogP contribution >= 0.6 is 0 Å². The van der Waals surface area contributed by atoms with Crippen LogP contribution in [0.15, 0.2) is 35.9 Å². The SMILES string of the molecule is CCCCCCCCCCC(=O)O/C(=C\C=C(C)C)c1cc(O)c2c(O)ccc(O)c2c1O. The fourth-order valence-electron chi connectivity index (χ4n) is 3.68. The summed E-state index contributed by atoms with van der Waals surface area (Å²) < 4.78 is 5.56. The maximum absolute atomic E-state index is 12.5. The number of hydrogen-bond donors (Lipinski definition) is 4. The summed E-state index contributed by atoms with van der Waals surface area (Å²) in [4.78, 5) is 12.5. The molecule has 0 unspecified atom stereocenters. The van der Waals surface area contributed by atoms with E-state index in [9.17, 15) is 25.2 Å². The molecule has 4 N–H and O–H groups in total. The molecular weight excluding hydrogens is 420 g/mol. The molecule has 0 aliphatic heterocycles. The van der Waals surface area contributed by atoms with Crippen molar-refractivity contribution in [1.82, 2.24) is 0 Å². The van der Waals surface area contributed by atoms with E-state index in [2.05, 4.69) is 6.92 Å². The van der Waals surface area contributed by atoms with E-state index in [0.29, 0.717) is 6.42 Å². The van der Waals surface area contributed by atoms with E-state index in [0.717, 1.165) is 18.4 Å². The Morgan fingerprint density at radius 1 is 0.818 bits per heavy atom. The molecule has 0 heterocycles. The zero-order valence-electron chi connectivity index (χ0n) is 19.9. The van der Waals surface area contributed by atoms with Crippen molar-refractivity contribution in [3.8, 4) is 23.0 Å². The molecular formula is C27H36O6. The molecule has 0 aliphatic carbocycles. The lowest BCUT2D eigenvalue weighted by molar-refractivity contribution is -0.136. The Hall–Kier alpha value is -3.15. The minimum absolute atomic E-state index is 0.0441. The predicted octanol–water partition coefficient (Wildman–Crippen LogP) is 7.04. The van der Waals surface area contributed by atoms with Crippen LogP contribution in [0.1, 0.15) is 84.1 Å². The fraction of sp³-hybridized carbons (Fsp3) is 0.444. The Kier molecular flexibility index (Phi) is 10.1. The third kappa shape index (κ3) is 7.45. The van der Waals surface area contributed by atoms with Crippen LogP contribution in [0.3, 0.4) is 0 Å². The van der Waals surface area contributed by atoms with Gasteiger partial charge in [0, 0.05) is 6.42 Å². The number of carbonyl (C=O) groups is 1. The van der Waals surface area contributed by atoms with Gasteiger partial charge in [-0.2, -0.15) is 0 Å². The molecule has 2 rings (SSSR count). The van der Waals surface area contributed by atoms with E-state index in [1.54, 1.807) is 12.2 Å². The van der Waals surface area contributed by atoms with Crippen molar-refractivity contribution < 1.29 is 30.0 Å². The fourth-order valence-corrected chi connectivity index (χ4v) is 3.68. The van der Waals surface area contributed by atoms with E-state index in [4.69, 9.17) is 4.74 Å². The first kappa shape index (κ1) is 26.1. The van der Waals surface area contributed by atoms with E-state index in [1.807, 2.05) is 13.8 Å². The number of esters is 1. The first-order valence-corrected chi connectivity index (χ1v) is 11.7. The van der Waals surface area contributed by atoms with E-state index in [1.165, 1.54) is 50.3 Å². The largest absolute Gasteiger partial charge is 0.507 e. The number of aromatic hydroxyl groups is 4. The third-order valence-electron chi connectivity index (χ3n) is 5.48. The van der Waals surface area contributed by atoms with Crippen molar-refractivity contribution in [1.29, 1.82) is 0 Å².